The summed E-state index contributed by atoms with van der Waals surface area (Å²) in [4.78, 5) is 8.58. The van der Waals surface area contributed by atoms with Gasteiger partial charge in [0.05, 0.1) is 18.2 Å². The molecule has 0 amide bonds. The van der Waals surface area contributed by atoms with Crippen molar-refractivity contribution in [3.8, 4) is 5.75 Å². The molecule has 0 saturated heterocycles. The summed E-state index contributed by atoms with van der Waals surface area (Å²) >= 11 is 6.11. The van der Waals surface area contributed by atoms with Crippen molar-refractivity contribution in [2.24, 2.45) is 7.05 Å². The first-order valence-electron chi connectivity index (χ1n) is 6.34. The van der Waals surface area contributed by atoms with Crippen LogP contribution in [-0.4, -0.2) is 24.9 Å². The molecule has 2 aromatic heterocycles. The number of ether oxygens (including phenoxy) is 1. The molecule has 0 spiro atoms. The Hall–Kier alpha value is -2.18. The Morgan fingerprint density at radius 1 is 1.33 bits per heavy atom. The average Bonchev–Trinajstić information content (AvgIpc) is 2.87. The van der Waals surface area contributed by atoms with E-state index < -0.39 is 0 Å². The van der Waals surface area contributed by atoms with Crippen LogP contribution in [0, 0.1) is 0 Å². The lowest BCUT2D eigenvalue weighted by Gasteiger charge is -2.07. The lowest BCUT2D eigenvalue weighted by atomic mass is 10.2. The van der Waals surface area contributed by atoms with E-state index >= 15 is 0 Å². The van der Waals surface area contributed by atoms with Crippen molar-refractivity contribution in [1.29, 1.82) is 0 Å². The molecule has 2 heterocycles. The fraction of sp³-hybridized carbons (Fsp3) is 0.214. The number of benzene rings is 1. The Balaban J connectivity index is 1.83. The van der Waals surface area contributed by atoms with E-state index in [1.165, 1.54) is 0 Å². The molecule has 0 aliphatic heterocycles. The molecule has 1 N–H and O–H groups in total. The summed E-state index contributed by atoms with van der Waals surface area (Å²) in [5, 5.41) is 14.3. The first-order valence-corrected chi connectivity index (χ1v) is 6.72. The minimum absolute atomic E-state index is 0.0273. The lowest BCUT2D eigenvalue weighted by Crippen LogP contribution is -2.04. The molecule has 6 nitrogen and oxygen atoms in total. The summed E-state index contributed by atoms with van der Waals surface area (Å²) < 4.78 is 7.27. The minimum Gasteiger partial charge on any atom is -0.486 e. The molecular weight excluding hydrogens is 292 g/mol. The number of aromatic nitrogens is 4. The van der Waals surface area contributed by atoms with Crippen LogP contribution in [0.4, 0.5) is 0 Å². The third kappa shape index (κ3) is 2.81. The highest BCUT2D eigenvalue weighted by molar-refractivity contribution is 6.33. The molecule has 0 radical (unpaired) electrons. The highest BCUT2D eigenvalue weighted by Crippen LogP contribution is 2.20. The number of rotatable bonds is 4. The van der Waals surface area contributed by atoms with Gasteiger partial charge in [-0.3, -0.25) is 4.68 Å². The van der Waals surface area contributed by atoms with Crippen LogP contribution in [0.25, 0.3) is 11.0 Å². The van der Waals surface area contributed by atoms with Crippen molar-refractivity contribution in [2.75, 3.05) is 0 Å². The molecule has 0 unspecified atom stereocenters. The van der Waals surface area contributed by atoms with Gasteiger partial charge in [-0.2, -0.15) is 5.10 Å². The minimum atomic E-state index is -0.0273. The van der Waals surface area contributed by atoms with Gasteiger partial charge in [0, 0.05) is 7.05 Å². The van der Waals surface area contributed by atoms with Crippen LogP contribution in [0.1, 0.15) is 11.4 Å². The van der Waals surface area contributed by atoms with Gasteiger partial charge in [0.2, 0.25) is 0 Å². The predicted molar refractivity (Wildman–Crippen MR) is 78.0 cm³/mol. The summed E-state index contributed by atoms with van der Waals surface area (Å²) in [6.45, 7) is 0.163. The van der Waals surface area contributed by atoms with Crippen LogP contribution in [-0.2, 0) is 20.3 Å². The van der Waals surface area contributed by atoms with E-state index in [-0.39, 0.29) is 13.2 Å². The fourth-order valence-corrected chi connectivity index (χ4v) is 2.21. The maximum atomic E-state index is 9.10. The smallest absolute Gasteiger partial charge is 0.170 e. The zero-order valence-electron chi connectivity index (χ0n) is 11.3. The molecule has 1 aromatic carbocycles. The quantitative estimate of drug-likeness (QED) is 0.747. The Labute approximate surface area is 126 Å². The second-order valence-corrected chi connectivity index (χ2v) is 4.89. The SMILES string of the molecule is Cn1ncc2c(Cl)nc(COc3cccc(CO)c3)nc21. The van der Waals surface area contributed by atoms with Gasteiger partial charge >= 0.3 is 0 Å². The van der Waals surface area contributed by atoms with E-state index in [0.717, 1.165) is 5.56 Å². The normalized spacial score (nSPS) is 11.0. The summed E-state index contributed by atoms with van der Waals surface area (Å²) in [7, 11) is 1.79. The highest BCUT2D eigenvalue weighted by atomic mass is 35.5. The molecule has 21 heavy (non-hydrogen) atoms. The standard InChI is InChI=1S/C14H13ClN4O2/c1-19-14-11(6-16-19)13(15)17-12(18-14)8-21-10-4-2-3-9(5-10)7-20/h2-6,20H,7-8H2,1H3. The summed E-state index contributed by atoms with van der Waals surface area (Å²) in [6, 6.07) is 7.22. The maximum Gasteiger partial charge on any atom is 0.170 e. The second kappa shape index (κ2) is 5.67. The molecule has 3 rings (SSSR count). The maximum absolute atomic E-state index is 9.10. The zero-order valence-corrected chi connectivity index (χ0v) is 12.1. The van der Waals surface area contributed by atoms with Gasteiger partial charge in [-0.25, -0.2) is 9.97 Å². The first kappa shape index (κ1) is 13.8. The summed E-state index contributed by atoms with van der Waals surface area (Å²) in [5.74, 6) is 1.12. The summed E-state index contributed by atoms with van der Waals surface area (Å²) in [6.07, 6.45) is 1.63. The Kier molecular flexibility index (Phi) is 3.72. The van der Waals surface area contributed by atoms with E-state index in [4.69, 9.17) is 21.4 Å². The van der Waals surface area contributed by atoms with Crippen molar-refractivity contribution in [3.63, 3.8) is 0 Å². The van der Waals surface area contributed by atoms with Crippen LogP contribution < -0.4 is 4.74 Å². The van der Waals surface area contributed by atoms with Crippen LogP contribution in [0.5, 0.6) is 5.75 Å². The van der Waals surface area contributed by atoms with Gasteiger partial charge in [-0.05, 0) is 17.7 Å². The van der Waals surface area contributed by atoms with E-state index in [1.54, 1.807) is 24.0 Å². The van der Waals surface area contributed by atoms with Crippen LogP contribution in [0.3, 0.4) is 0 Å². The topological polar surface area (TPSA) is 73.1 Å². The number of aliphatic hydroxyl groups excluding tert-OH is 1. The van der Waals surface area contributed by atoms with Crippen LogP contribution >= 0.6 is 11.6 Å². The van der Waals surface area contributed by atoms with E-state index in [9.17, 15) is 0 Å². The van der Waals surface area contributed by atoms with Crippen molar-refractivity contribution < 1.29 is 9.84 Å². The number of hydrogen-bond acceptors (Lipinski definition) is 5. The van der Waals surface area contributed by atoms with Gasteiger partial charge in [0.25, 0.3) is 0 Å². The first-order chi connectivity index (χ1) is 10.2. The van der Waals surface area contributed by atoms with E-state index in [1.807, 2.05) is 18.2 Å². The molecule has 3 aromatic rings. The van der Waals surface area contributed by atoms with E-state index in [2.05, 4.69) is 15.1 Å². The number of fused-ring (bicyclic) bond motifs is 1. The second-order valence-electron chi connectivity index (χ2n) is 4.53. The van der Waals surface area contributed by atoms with Crippen molar-refractivity contribution in [1.82, 2.24) is 19.7 Å². The molecular formula is C14H13ClN4O2. The molecule has 108 valence electrons. The number of aliphatic hydroxyl groups is 1. The molecule has 0 atom stereocenters. The van der Waals surface area contributed by atoms with Gasteiger partial charge in [-0.15, -0.1) is 0 Å². The van der Waals surface area contributed by atoms with Crippen molar-refractivity contribution >= 4 is 22.6 Å². The third-order valence-electron chi connectivity index (χ3n) is 3.04. The highest BCUT2D eigenvalue weighted by Gasteiger charge is 2.10. The fourth-order valence-electron chi connectivity index (χ4n) is 1.98. The molecule has 7 heteroatoms. The van der Waals surface area contributed by atoms with Crippen molar-refractivity contribution in [2.45, 2.75) is 13.2 Å². The molecule has 0 bridgehead atoms. The monoisotopic (exact) mass is 304 g/mol. The van der Waals surface area contributed by atoms with Crippen LogP contribution in [0.2, 0.25) is 5.15 Å². The van der Waals surface area contributed by atoms with Gasteiger partial charge in [-0.1, -0.05) is 23.7 Å². The molecule has 0 aliphatic carbocycles. The number of nitrogens with zero attached hydrogens (tertiary/aromatic N) is 4. The molecule has 0 fully saturated rings. The van der Waals surface area contributed by atoms with Gasteiger partial charge < -0.3 is 9.84 Å². The largest absolute Gasteiger partial charge is 0.486 e. The Morgan fingerprint density at radius 2 is 2.19 bits per heavy atom. The van der Waals surface area contributed by atoms with Crippen LogP contribution in [0.15, 0.2) is 30.5 Å². The Morgan fingerprint density at radius 3 is 3.00 bits per heavy atom. The van der Waals surface area contributed by atoms with E-state index in [0.29, 0.717) is 27.8 Å². The van der Waals surface area contributed by atoms with Gasteiger partial charge in [0.1, 0.15) is 17.5 Å². The summed E-state index contributed by atoms with van der Waals surface area (Å²) in [5.41, 5.74) is 1.45. The number of aryl methyl sites for hydroxylation is 1. The van der Waals surface area contributed by atoms with Crippen molar-refractivity contribution in [3.05, 3.63) is 47.0 Å². The third-order valence-corrected chi connectivity index (χ3v) is 3.33. The number of hydrogen-bond donors (Lipinski definition) is 1. The Bertz CT molecular complexity index is 788. The zero-order chi connectivity index (χ0) is 14.8. The number of halogens is 1. The predicted octanol–water partition coefficient (Wildman–Crippen LogP) is 2.09. The molecule has 0 saturated carbocycles. The lowest BCUT2D eigenvalue weighted by molar-refractivity contribution is 0.276. The van der Waals surface area contributed by atoms with Gasteiger partial charge in [0.15, 0.2) is 11.5 Å². The molecule has 0 aliphatic rings. The average molecular weight is 305 g/mol.